The number of rotatable bonds is 6. The van der Waals surface area contributed by atoms with Crippen LogP contribution >= 0.6 is 0 Å². The van der Waals surface area contributed by atoms with Crippen LogP contribution in [0.5, 0.6) is 5.75 Å². The minimum absolute atomic E-state index is 0.212. The lowest BCUT2D eigenvalue weighted by Gasteiger charge is -2.14. The molecule has 106 valence electrons. The first-order valence-corrected chi connectivity index (χ1v) is 5.66. The van der Waals surface area contributed by atoms with Gasteiger partial charge >= 0.3 is 6.09 Å². The van der Waals surface area contributed by atoms with Gasteiger partial charge < -0.3 is 25.0 Å². The Kier molecular flexibility index (Phi) is 5.91. The van der Waals surface area contributed by atoms with Gasteiger partial charge in [0.1, 0.15) is 5.75 Å². The first-order valence-electron chi connectivity index (χ1n) is 5.66. The van der Waals surface area contributed by atoms with Crippen molar-refractivity contribution in [1.82, 2.24) is 0 Å². The third-order valence-corrected chi connectivity index (χ3v) is 2.38. The zero-order valence-corrected chi connectivity index (χ0v) is 10.8. The summed E-state index contributed by atoms with van der Waals surface area (Å²) >= 11 is 0. The summed E-state index contributed by atoms with van der Waals surface area (Å²) in [6.07, 6.45) is -1.42. The molecule has 1 amide bonds. The number of benzene rings is 1. The molecule has 0 aliphatic rings. The van der Waals surface area contributed by atoms with Gasteiger partial charge in [0, 0.05) is 18.3 Å². The quantitative estimate of drug-likeness (QED) is 0.605. The predicted molar refractivity (Wildman–Crippen MR) is 70.6 cm³/mol. The Bertz CT molecular complexity index is 425. The van der Waals surface area contributed by atoms with E-state index in [1.807, 2.05) is 0 Å². The lowest BCUT2D eigenvalue weighted by molar-refractivity contribution is 0.105. The van der Waals surface area contributed by atoms with Gasteiger partial charge in [0.2, 0.25) is 0 Å². The molecular formula is C12H18N2O5. The van der Waals surface area contributed by atoms with E-state index in [1.165, 1.54) is 14.2 Å². The van der Waals surface area contributed by atoms with Crippen LogP contribution < -0.4 is 15.4 Å². The molecule has 1 atom stereocenters. The van der Waals surface area contributed by atoms with Crippen molar-refractivity contribution >= 4 is 17.5 Å². The summed E-state index contributed by atoms with van der Waals surface area (Å²) in [4.78, 5) is 11.1. The topological polar surface area (TPSA) is 100 Å². The van der Waals surface area contributed by atoms with Gasteiger partial charge in [-0.25, -0.2) is 4.79 Å². The van der Waals surface area contributed by atoms with Crippen LogP contribution in [0.2, 0.25) is 0 Å². The van der Waals surface area contributed by atoms with Gasteiger partial charge in [-0.1, -0.05) is 0 Å². The fourth-order valence-electron chi connectivity index (χ4n) is 1.37. The number of nitrogens with one attached hydrogen (secondary N) is 2. The van der Waals surface area contributed by atoms with Crippen LogP contribution in [0.3, 0.4) is 0 Å². The van der Waals surface area contributed by atoms with E-state index in [2.05, 4.69) is 15.4 Å². The van der Waals surface area contributed by atoms with Crippen molar-refractivity contribution in [3.05, 3.63) is 18.2 Å². The first-order chi connectivity index (χ1) is 9.10. The molecule has 1 aromatic carbocycles. The number of carbonyl (C=O) groups is 1. The number of aliphatic hydroxyl groups excluding tert-OH is 2. The molecule has 1 aromatic rings. The van der Waals surface area contributed by atoms with E-state index < -0.39 is 12.2 Å². The second-order valence-corrected chi connectivity index (χ2v) is 3.75. The van der Waals surface area contributed by atoms with Gasteiger partial charge in [-0.05, 0) is 12.1 Å². The minimum Gasteiger partial charge on any atom is -0.494 e. The van der Waals surface area contributed by atoms with Gasteiger partial charge in [0.15, 0.2) is 0 Å². The molecule has 0 heterocycles. The second-order valence-electron chi connectivity index (χ2n) is 3.75. The van der Waals surface area contributed by atoms with Crippen LogP contribution in [-0.2, 0) is 4.74 Å². The molecule has 4 N–H and O–H groups in total. The molecule has 7 nitrogen and oxygen atoms in total. The van der Waals surface area contributed by atoms with Crippen molar-refractivity contribution in [2.45, 2.75) is 6.10 Å². The number of methoxy groups -OCH3 is 2. The summed E-state index contributed by atoms with van der Waals surface area (Å²) in [6, 6.07) is 5.01. The van der Waals surface area contributed by atoms with E-state index in [4.69, 9.17) is 9.84 Å². The van der Waals surface area contributed by atoms with E-state index in [9.17, 15) is 9.90 Å². The van der Waals surface area contributed by atoms with Gasteiger partial charge in [0.25, 0.3) is 0 Å². The Balaban J connectivity index is 2.75. The van der Waals surface area contributed by atoms with Crippen molar-refractivity contribution in [3.8, 4) is 5.75 Å². The van der Waals surface area contributed by atoms with Crippen LogP contribution in [0.1, 0.15) is 0 Å². The molecule has 0 bridgehead atoms. The van der Waals surface area contributed by atoms with Crippen molar-refractivity contribution in [3.63, 3.8) is 0 Å². The molecule has 0 fully saturated rings. The average Bonchev–Trinajstić information content (AvgIpc) is 2.45. The Labute approximate surface area is 111 Å². The molecule has 0 aromatic heterocycles. The van der Waals surface area contributed by atoms with Gasteiger partial charge in [-0.3, -0.25) is 5.32 Å². The van der Waals surface area contributed by atoms with E-state index in [-0.39, 0.29) is 13.2 Å². The third kappa shape index (κ3) is 4.65. The fourth-order valence-corrected chi connectivity index (χ4v) is 1.37. The molecule has 0 spiro atoms. The molecule has 1 rings (SSSR count). The molecule has 0 aliphatic carbocycles. The summed E-state index contributed by atoms with van der Waals surface area (Å²) < 4.78 is 9.64. The highest BCUT2D eigenvalue weighted by Crippen LogP contribution is 2.28. The number of amides is 1. The molecular weight excluding hydrogens is 252 g/mol. The summed E-state index contributed by atoms with van der Waals surface area (Å²) in [5.41, 5.74) is 1.17. The molecule has 0 saturated carbocycles. The largest absolute Gasteiger partial charge is 0.494 e. The number of hydrogen-bond donors (Lipinski definition) is 4. The second kappa shape index (κ2) is 7.45. The number of hydrogen-bond acceptors (Lipinski definition) is 6. The lowest BCUT2D eigenvalue weighted by Crippen LogP contribution is -2.22. The average molecular weight is 270 g/mol. The Hall–Kier alpha value is -1.99. The molecule has 0 saturated heterocycles. The van der Waals surface area contributed by atoms with Crippen molar-refractivity contribution in [1.29, 1.82) is 0 Å². The Morgan fingerprint density at radius 1 is 1.42 bits per heavy atom. The monoisotopic (exact) mass is 270 g/mol. The van der Waals surface area contributed by atoms with Gasteiger partial charge in [-0.2, -0.15) is 0 Å². The van der Waals surface area contributed by atoms with Crippen LogP contribution in [0.4, 0.5) is 16.2 Å². The fraction of sp³-hybridized carbons (Fsp3) is 0.417. The molecule has 0 radical (unpaired) electrons. The summed E-state index contributed by atoms with van der Waals surface area (Å²) in [5.74, 6) is 0.453. The third-order valence-electron chi connectivity index (χ3n) is 2.38. The maximum Gasteiger partial charge on any atom is 0.411 e. The lowest BCUT2D eigenvalue weighted by atomic mass is 10.2. The van der Waals surface area contributed by atoms with Gasteiger partial charge in [-0.15, -0.1) is 0 Å². The normalized spacial score (nSPS) is 11.6. The molecule has 1 unspecified atom stereocenters. The maximum atomic E-state index is 11.1. The minimum atomic E-state index is -0.834. The summed E-state index contributed by atoms with van der Waals surface area (Å²) in [5, 5.41) is 23.4. The summed E-state index contributed by atoms with van der Waals surface area (Å²) in [7, 11) is 2.75. The number of ether oxygens (including phenoxy) is 2. The van der Waals surface area contributed by atoms with E-state index >= 15 is 0 Å². The van der Waals surface area contributed by atoms with Crippen molar-refractivity contribution in [2.75, 3.05) is 38.0 Å². The van der Waals surface area contributed by atoms with E-state index in [0.29, 0.717) is 17.1 Å². The summed E-state index contributed by atoms with van der Waals surface area (Å²) in [6.45, 7) is -0.102. The van der Waals surface area contributed by atoms with Crippen LogP contribution in [0.25, 0.3) is 0 Å². The zero-order chi connectivity index (χ0) is 14.3. The van der Waals surface area contributed by atoms with E-state index in [0.717, 1.165) is 0 Å². The molecule has 7 heteroatoms. The smallest absolute Gasteiger partial charge is 0.411 e. The first kappa shape index (κ1) is 15.1. The van der Waals surface area contributed by atoms with Crippen LogP contribution in [0.15, 0.2) is 18.2 Å². The number of aliphatic hydroxyl groups is 2. The highest BCUT2D eigenvalue weighted by molar-refractivity contribution is 5.87. The Morgan fingerprint density at radius 2 is 2.16 bits per heavy atom. The van der Waals surface area contributed by atoms with Crippen molar-refractivity contribution < 1.29 is 24.5 Å². The van der Waals surface area contributed by atoms with Crippen molar-refractivity contribution in [2.24, 2.45) is 0 Å². The molecule has 19 heavy (non-hydrogen) atoms. The highest BCUT2D eigenvalue weighted by Gasteiger charge is 2.09. The standard InChI is InChI=1S/C12H18N2O5/c1-18-11-5-8(13-6-9(16)7-15)3-4-10(11)14-12(17)19-2/h3-5,9,13,15-16H,6-7H2,1-2H3,(H,14,17). The van der Waals surface area contributed by atoms with Gasteiger partial charge in [0.05, 0.1) is 32.6 Å². The molecule has 0 aliphatic heterocycles. The number of carbonyl (C=O) groups excluding carboxylic acids is 1. The maximum absolute atomic E-state index is 11.1. The number of anilines is 2. The highest BCUT2D eigenvalue weighted by atomic mass is 16.5. The SMILES string of the molecule is COC(=O)Nc1ccc(NCC(O)CO)cc1OC. The van der Waals surface area contributed by atoms with Crippen LogP contribution in [-0.4, -0.2) is 49.8 Å². The predicted octanol–water partition coefficient (Wildman–Crippen LogP) is 0.639. The zero-order valence-electron chi connectivity index (χ0n) is 10.8. The Morgan fingerprint density at radius 3 is 2.74 bits per heavy atom. The van der Waals surface area contributed by atoms with E-state index in [1.54, 1.807) is 18.2 Å². The van der Waals surface area contributed by atoms with Crippen LogP contribution in [0, 0.1) is 0 Å².